The Kier molecular flexibility index (Phi) is 2.98. The second kappa shape index (κ2) is 4.07. The SMILES string of the molecule is CC1CCCN1c1ncc(Br)cc1Cl. The van der Waals surface area contributed by atoms with Crippen LogP contribution in [-0.2, 0) is 0 Å². The van der Waals surface area contributed by atoms with Crippen LogP contribution in [0.3, 0.4) is 0 Å². The first-order valence-electron chi connectivity index (χ1n) is 4.76. The molecule has 1 unspecified atom stereocenters. The van der Waals surface area contributed by atoms with Crippen molar-refractivity contribution in [2.75, 3.05) is 11.4 Å². The summed E-state index contributed by atoms with van der Waals surface area (Å²) in [6.45, 7) is 3.28. The van der Waals surface area contributed by atoms with Crippen LogP contribution >= 0.6 is 27.5 Å². The highest BCUT2D eigenvalue weighted by Crippen LogP contribution is 2.31. The molecule has 1 atom stereocenters. The fraction of sp³-hybridized carbons (Fsp3) is 0.500. The van der Waals surface area contributed by atoms with E-state index in [1.165, 1.54) is 12.8 Å². The molecule has 0 N–H and O–H groups in total. The highest BCUT2D eigenvalue weighted by molar-refractivity contribution is 9.10. The number of hydrogen-bond donors (Lipinski definition) is 0. The third-order valence-electron chi connectivity index (χ3n) is 2.61. The summed E-state index contributed by atoms with van der Waals surface area (Å²) in [4.78, 5) is 6.63. The van der Waals surface area contributed by atoms with Crippen LogP contribution in [0.2, 0.25) is 5.02 Å². The van der Waals surface area contributed by atoms with Crippen molar-refractivity contribution in [2.45, 2.75) is 25.8 Å². The van der Waals surface area contributed by atoms with Crippen LogP contribution in [0.1, 0.15) is 19.8 Å². The van der Waals surface area contributed by atoms with E-state index in [4.69, 9.17) is 11.6 Å². The first-order valence-corrected chi connectivity index (χ1v) is 5.93. The van der Waals surface area contributed by atoms with Crippen molar-refractivity contribution in [1.29, 1.82) is 0 Å². The summed E-state index contributed by atoms with van der Waals surface area (Å²) >= 11 is 9.50. The predicted molar refractivity (Wildman–Crippen MR) is 63.0 cm³/mol. The van der Waals surface area contributed by atoms with E-state index in [1.807, 2.05) is 6.07 Å². The maximum atomic E-state index is 6.14. The minimum atomic E-state index is 0.557. The molecule has 2 rings (SSSR count). The number of pyridine rings is 1. The van der Waals surface area contributed by atoms with Gasteiger partial charge < -0.3 is 4.90 Å². The molecule has 0 amide bonds. The number of nitrogens with zero attached hydrogens (tertiary/aromatic N) is 2. The van der Waals surface area contributed by atoms with Crippen LogP contribution in [0.25, 0.3) is 0 Å². The number of anilines is 1. The van der Waals surface area contributed by atoms with Gasteiger partial charge in [-0.2, -0.15) is 0 Å². The van der Waals surface area contributed by atoms with Gasteiger partial charge in [-0.25, -0.2) is 4.98 Å². The van der Waals surface area contributed by atoms with E-state index in [0.717, 1.165) is 21.9 Å². The maximum Gasteiger partial charge on any atom is 0.147 e. The Balaban J connectivity index is 2.31. The van der Waals surface area contributed by atoms with Crippen molar-refractivity contribution in [3.05, 3.63) is 21.8 Å². The summed E-state index contributed by atoms with van der Waals surface area (Å²) in [6.07, 6.45) is 4.26. The molecule has 0 radical (unpaired) electrons. The Bertz CT molecular complexity index is 343. The van der Waals surface area contributed by atoms with E-state index < -0.39 is 0 Å². The number of aromatic nitrogens is 1. The lowest BCUT2D eigenvalue weighted by Gasteiger charge is -2.23. The molecule has 1 aromatic heterocycles. The quantitative estimate of drug-likeness (QED) is 0.780. The molecular weight excluding hydrogens is 263 g/mol. The molecule has 14 heavy (non-hydrogen) atoms. The molecule has 1 aromatic rings. The second-order valence-electron chi connectivity index (χ2n) is 3.64. The predicted octanol–water partition coefficient (Wildman–Crippen LogP) is 3.49. The molecular formula is C10H12BrClN2. The van der Waals surface area contributed by atoms with Gasteiger partial charge >= 0.3 is 0 Å². The van der Waals surface area contributed by atoms with Crippen molar-refractivity contribution in [2.24, 2.45) is 0 Å². The van der Waals surface area contributed by atoms with Gasteiger partial charge in [-0.15, -0.1) is 0 Å². The van der Waals surface area contributed by atoms with Gasteiger partial charge in [0.1, 0.15) is 5.82 Å². The molecule has 1 aliphatic heterocycles. The molecule has 1 fully saturated rings. The minimum Gasteiger partial charge on any atom is -0.353 e. The lowest BCUT2D eigenvalue weighted by atomic mass is 10.2. The molecule has 2 heterocycles. The maximum absolute atomic E-state index is 6.14. The monoisotopic (exact) mass is 274 g/mol. The van der Waals surface area contributed by atoms with Crippen molar-refractivity contribution < 1.29 is 0 Å². The van der Waals surface area contributed by atoms with E-state index in [0.29, 0.717) is 6.04 Å². The van der Waals surface area contributed by atoms with Gasteiger partial charge in [0.15, 0.2) is 0 Å². The lowest BCUT2D eigenvalue weighted by molar-refractivity contribution is 0.727. The zero-order valence-electron chi connectivity index (χ0n) is 8.00. The van der Waals surface area contributed by atoms with Crippen LogP contribution in [0, 0.1) is 0 Å². The molecule has 1 saturated heterocycles. The summed E-state index contributed by atoms with van der Waals surface area (Å²) in [6, 6.07) is 2.45. The smallest absolute Gasteiger partial charge is 0.147 e. The third-order valence-corrected chi connectivity index (χ3v) is 3.33. The fourth-order valence-corrected chi connectivity index (χ4v) is 2.60. The van der Waals surface area contributed by atoms with E-state index in [1.54, 1.807) is 6.20 Å². The van der Waals surface area contributed by atoms with Crippen molar-refractivity contribution in [3.8, 4) is 0 Å². The minimum absolute atomic E-state index is 0.557. The van der Waals surface area contributed by atoms with Gasteiger partial charge in [0, 0.05) is 23.3 Å². The van der Waals surface area contributed by atoms with E-state index in [2.05, 4.69) is 32.7 Å². The summed E-state index contributed by atoms with van der Waals surface area (Å²) in [7, 11) is 0. The molecule has 4 heteroatoms. The van der Waals surface area contributed by atoms with Crippen LogP contribution in [0.15, 0.2) is 16.7 Å². The fourth-order valence-electron chi connectivity index (χ4n) is 1.87. The highest BCUT2D eigenvalue weighted by Gasteiger charge is 2.23. The highest BCUT2D eigenvalue weighted by atomic mass is 79.9. The first kappa shape index (κ1) is 10.2. The zero-order chi connectivity index (χ0) is 10.1. The average molecular weight is 276 g/mol. The topological polar surface area (TPSA) is 16.1 Å². The molecule has 1 aliphatic rings. The van der Waals surface area contributed by atoms with E-state index >= 15 is 0 Å². The summed E-state index contributed by atoms with van der Waals surface area (Å²) in [5, 5.41) is 0.730. The molecule has 76 valence electrons. The Morgan fingerprint density at radius 3 is 3.00 bits per heavy atom. The van der Waals surface area contributed by atoms with Crippen molar-refractivity contribution in [3.63, 3.8) is 0 Å². The first-order chi connectivity index (χ1) is 6.68. The van der Waals surface area contributed by atoms with Crippen LogP contribution in [0.5, 0.6) is 0 Å². The van der Waals surface area contributed by atoms with Gasteiger partial charge in [-0.05, 0) is 41.8 Å². The Hall–Kier alpha value is -0.280. The Morgan fingerprint density at radius 1 is 1.64 bits per heavy atom. The van der Waals surface area contributed by atoms with Gasteiger partial charge in [0.05, 0.1) is 5.02 Å². The Morgan fingerprint density at radius 2 is 2.43 bits per heavy atom. The number of hydrogen-bond acceptors (Lipinski definition) is 2. The van der Waals surface area contributed by atoms with Crippen molar-refractivity contribution in [1.82, 2.24) is 4.98 Å². The molecule has 0 aliphatic carbocycles. The molecule has 0 aromatic carbocycles. The average Bonchev–Trinajstić information content (AvgIpc) is 2.52. The largest absolute Gasteiger partial charge is 0.353 e. The van der Waals surface area contributed by atoms with Crippen LogP contribution < -0.4 is 4.90 Å². The summed E-state index contributed by atoms with van der Waals surface area (Å²) in [5.41, 5.74) is 0. The summed E-state index contributed by atoms with van der Waals surface area (Å²) in [5.74, 6) is 0.917. The molecule has 0 saturated carbocycles. The lowest BCUT2D eigenvalue weighted by Crippen LogP contribution is -2.27. The molecule has 2 nitrogen and oxygen atoms in total. The third kappa shape index (κ3) is 1.89. The normalized spacial score (nSPS) is 21.6. The standard InChI is InChI=1S/C10H12BrClN2/c1-7-3-2-4-14(7)10-9(12)5-8(11)6-13-10/h5-7H,2-4H2,1H3. The van der Waals surface area contributed by atoms with Gasteiger partial charge in [0.2, 0.25) is 0 Å². The van der Waals surface area contributed by atoms with Gasteiger partial charge in [-0.1, -0.05) is 11.6 Å². The van der Waals surface area contributed by atoms with Crippen molar-refractivity contribution >= 4 is 33.3 Å². The Labute approximate surface area is 97.4 Å². The van der Waals surface area contributed by atoms with E-state index in [9.17, 15) is 0 Å². The number of rotatable bonds is 1. The molecule has 0 bridgehead atoms. The number of halogens is 2. The van der Waals surface area contributed by atoms with Gasteiger partial charge in [-0.3, -0.25) is 0 Å². The van der Waals surface area contributed by atoms with Crippen LogP contribution in [-0.4, -0.2) is 17.6 Å². The second-order valence-corrected chi connectivity index (χ2v) is 4.97. The van der Waals surface area contributed by atoms with E-state index in [-0.39, 0.29) is 0 Å². The molecule has 0 spiro atoms. The zero-order valence-corrected chi connectivity index (χ0v) is 10.3. The van der Waals surface area contributed by atoms with Gasteiger partial charge in [0.25, 0.3) is 0 Å². The summed E-state index contributed by atoms with van der Waals surface area (Å²) < 4.78 is 0.929. The van der Waals surface area contributed by atoms with Crippen LogP contribution in [0.4, 0.5) is 5.82 Å².